The Labute approximate surface area is 208 Å². The molecule has 4 rings (SSSR count). The van der Waals surface area contributed by atoms with E-state index in [1.54, 1.807) is 12.1 Å². The van der Waals surface area contributed by atoms with Crippen LogP contribution in [0.25, 0.3) is 11.4 Å². The first-order valence-electron chi connectivity index (χ1n) is 11.6. The standard InChI is InChI=1S/C25H28ClN5O2S/c1-2-22(17-10-14-21(32)15-11-17)27-28-23(33)16-34-25-30-29-24(18-8-12-19(26)13-9-18)31(25)20-6-4-3-5-7-20/h8-15,20H,2-7,16H2,1H3,(H2,27,28,32,33). The van der Waals surface area contributed by atoms with E-state index in [9.17, 15) is 9.90 Å². The fourth-order valence-corrected chi connectivity index (χ4v) is 5.12. The van der Waals surface area contributed by atoms with Gasteiger partial charge in [-0.05, 0) is 73.7 Å². The van der Waals surface area contributed by atoms with E-state index in [2.05, 4.69) is 25.3 Å². The summed E-state index contributed by atoms with van der Waals surface area (Å²) in [6.07, 6.45) is 6.46. The van der Waals surface area contributed by atoms with Crippen molar-refractivity contribution < 1.29 is 14.5 Å². The van der Waals surface area contributed by atoms with Gasteiger partial charge in [0.25, 0.3) is 11.7 Å². The maximum Gasteiger partial charge on any atom is 0.337 e. The molecule has 1 aromatic heterocycles. The number of carbonyl (C=O) groups is 1. The van der Waals surface area contributed by atoms with Crippen LogP contribution < -0.4 is 15.1 Å². The molecule has 7 nitrogen and oxygen atoms in total. The third kappa shape index (κ3) is 5.98. The molecule has 9 heteroatoms. The van der Waals surface area contributed by atoms with Crippen molar-refractivity contribution in [2.75, 3.05) is 5.75 Å². The molecule has 0 saturated heterocycles. The number of hydrazone groups is 1. The number of H-pyrrole nitrogens is 1. The van der Waals surface area contributed by atoms with E-state index in [0.717, 1.165) is 40.7 Å². The number of halogens is 1. The number of carbonyl (C=O) groups excluding carboxylic acids is 1. The number of aromatic nitrogens is 3. The average molecular weight is 498 g/mol. The molecule has 0 unspecified atom stereocenters. The molecule has 1 saturated carbocycles. The summed E-state index contributed by atoms with van der Waals surface area (Å²) >= 11 is 7.48. The number of thioether (sulfide) groups is 1. The van der Waals surface area contributed by atoms with Gasteiger partial charge >= 0.3 is 5.16 Å². The highest BCUT2D eigenvalue weighted by Crippen LogP contribution is 2.29. The molecule has 178 valence electrons. The second-order valence-electron chi connectivity index (χ2n) is 8.28. The molecule has 0 aliphatic heterocycles. The molecular formula is C25H28ClN5O2S. The van der Waals surface area contributed by atoms with Gasteiger partial charge in [-0.25, -0.2) is 9.99 Å². The Kier molecular flexibility index (Phi) is 8.24. The lowest BCUT2D eigenvalue weighted by Crippen LogP contribution is -2.43. The van der Waals surface area contributed by atoms with E-state index in [-0.39, 0.29) is 17.4 Å². The lowest BCUT2D eigenvalue weighted by atomic mass is 9.95. The fraction of sp³-hybridized carbons (Fsp3) is 0.360. The Hall–Kier alpha value is -2.84. The van der Waals surface area contributed by atoms with Crippen molar-refractivity contribution >= 4 is 35.0 Å². The van der Waals surface area contributed by atoms with Gasteiger partial charge in [0.05, 0.1) is 28.2 Å². The molecule has 3 aromatic rings. The van der Waals surface area contributed by atoms with Crippen molar-refractivity contribution in [1.82, 2.24) is 15.6 Å². The van der Waals surface area contributed by atoms with Crippen LogP contribution in [0.3, 0.4) is 0 Å². The molecular weight excluding hydrogens is 470 g/mol. The molecule has 2 aromatic carbocycles. The van der Waals surface area contributed by atoms with Gasteiger partial charge in [-0.2, -0.15) is 5.10 Å². The normalized spacial score (nSPS) is 14.8. The highest BCUT2D eigenvalue weighted by molar-refractivity contribution is 7.99. The number of nitrogens with one attached hydrogen (secondary N) is 2. The van der Waals surface area contributed by atoms with E-state index in [1.165, 1.54) is 43.2 Å². The minimum atomic E-state index is -0.206. The fourth-order valence-electron chi connectivity index (χ4n) is 4.18. The van der Waals surface area contributed by atoms with E-state index < -0.39 is 0 Å². The lowest BCUT2D eigenvalue weighted by Gasteiger charge is -2.21. The molecule has 1 amide bonds. The summed E-state index contributed by atoms with van der Waals surface area (Å²) in [5, 5.41) is 24.8. The number of aromatic amines is 1. The number of hydrogen-bond acceptors (Lipinski definition) is 5. The molecule has 34 heavy (non-hydrogen) atoms. The van der Waals surface area contributed by atoms with Gasteiger partial charge in [-0.15, -0.1) is 10.8 Å². The zero-order chi connectivity index (χ0) is 23.9. The Morgan fingerprint density at radius 2 is 1.88 bits per heavy atom. The Balaban J connectivity index is 1.48. The number of amides is 1. The second kappa shape index (κ2) is 11.5. The number of rotatable bonds is 8. The van der Waals surface area contributed by atoms with E-state index in [4.69, 9.17) is 11.6 Å². The highest BCUT2D eigenvalue weighted by atomic mass is 35.5. The van der Waals surface area contributed by atoms with Crippen LogP contribution in [0.5, 0.6) is 5.75 Å². The molecule has 0 spiro atoms. The maximum absolute atomic E-state index is 12.6. The van der Waals surface area contributed by atoms with E-state index in [1.807, 2.05) is 31.2 Å². The van der Waals surface area contributed by atoms with Crippen LogP contribution in [-0.2, 0) is 4.79 Å². The molecule has 0 bridgehead atoms. The van der Waals surface area contributed by atoms with Gasteiger partial charge in [0.1, 0.15) is 0 Å². The maximum atomic E-state index is 12.6. The van der Waals surface area contributed by atoms with Crippen molar-refractivity contribution in [2.24, 2.45) is 5.10 Å². The van der Waals surface area contributed by atoms with E-state index >= 15 is 0 Å². The van der Waals surface area contributed by atoms with E-state index in [0.29, 0.717) is 17.5 Å². The minimum Gasteiger partial charge on any atom is -0.872 e. The predicted octanol–water partition coefficient (Wildman–Crippen LogP) is 4.62. The highest BCUT2D eigenvalue weighted by Gasteiger charge is 2.30. The van der Waals surface area contributed by atoms with Crippen LogP contribution in [0.2, 0.25) is 5.02 Å². The van der Waals surface area contributed by atoms with Crippen molar-refractivity contribution in [2.45, 2.75) is 56.6 Å². The predicted molar refractivity (Wildman–Crippen MR) is 133 cm³/mol. The Morgan fingerprint density at radius 1 is 1.18 bits per heavy atom. The Morgan fingerprint density at radius 3 is 2.56 bits per heavy atom. The third-order valence-electron chi connectivity index (χ3n) is 5.93. The van der Waals surface area contributed by atoms with Crippen molar-refractivity contribution in [3.05, 3.63) is 59.1 Å². The average Bonchev–Trinajstić information content (AvgIpc) is 3.29. The molecule has 0 radical (unpaired) electrons. The zero-order valence-corrected chi connectivity index (χ0v) is 20.7. The van der Waals surface area contributed by atoms with Crippen LogP contribution in [-0.4, -0.2) is 27.6 Å². The van der Waals surface area contributed by atoms with Crippen LogP contribution in [0.1, 0.15) is 57.1 Å². The van der Waals surface area contributed by atoms with Crippen molar-refractivity contribution in [1.29, 1.82) is 0 Å². The molecule has 1 aliphatic carbocycles. The number of nitrogens with zero attached hydrogens (tertiary/aromatic N) is 3. The molecule has 1 heterocycles. The first-order chi connectivity index (χ1) is 16.5. The summed E-state index contributed by atoms with van der Waals surface area (Å²) in [7, 11) is 0. The summed E-state index contributed by atoms with van der Waals surface area (Å²) in [5.41, 5.74) is 5.21. The third-order valence-corrected chi connectivity index (χ3v) is 7.14. The van der Waals surface area contributed by atoms with Crippen LogP contribution >= 0.6 is 23.4 Å². The largest absolute Gasteiger partial charge is 0.872 e. The molecule has 1 fully saturated rings. The van der Waals surface area contributed by atoms with Crippen molar-refractivity contribution in [3.8, 4) is 17.1 Å². The topological polar surface area (TPSA) is 97.1 Å². The van der Waals surface area contributed by atoms with Crippen LogP contribution in [0, 0.1) is 0 Å². The number of hydrogen-bond donors (Lipinski definition) is 2. The van der Waals surface area contributed by atoms with Crippen LogP contribution in [0.15, 0.2) is 58.8 Å². The number of benzene rings is 2. The van der Waals surface area contributed by atoms with Gasteiger partial charge in [-0.1, -0.05) is 49.2 Å². The minimum absolute atomic E-state index is 0.0529. The van der Waals surface area contributed by atoms with Gasteiger partial charge < -0.3 is 5.11 Å². The molecule has 0 atom stereocenters. The quantitative estimate of drug-likeness (QED) is 0.205. The SMILES string of the molecule is CCC(=NNC(=O)CSc1n[nH]c(-c2ccc(Cl)cc2)[n+]1C1CCCCC1)c1ccc([O-])cc1. The second-order valence-corrected chi connectivity index (χ2v) is 9.66. The summed E-state index contributed by atoms with van der Waals surface area (Å²) in [5.74, 6) is 0.863. The summed E-state index contributed by atoms with van der Waals surface area (Å²) in [6, 6.07) is 14.5. The lowest BCUT2D eigenvalue weighted by molar-refractivity contribution is -0.749. The van der Waals surface area contributed by atoms with Crippen molar-refractivity contribution in [3.63, 3.8) is 0 Å². The Bertz CT molecular complexity index is 1140. The van der Waals surface area contributed by atoms with Crippen LogP contribution in [0.4, 0.5) is 0 Å². The summed E-state index contributed by atoms with van der Waals surface area (Å²) in [4.78, 5) is 12.6. The molecule has 2 N–H and O–H groups in total. The monoisotopic (exact) mass is 497 g/mol. The zero-order valence-electron chi connectivity index (χ0n) is 19.1. The van der Waals surface area contributed by atoms with Gasteiger partial charge in [0.2, 0.25) is 0 Å². The van der Waals surface area contributed by atoms with Gasteiger partial charge in [-0.3, -0.25) is 4.79 Å². The van der Waals surface area contributed by atoms with Gasteiger partial charge in [0.15, 0.2) is 0 Å². The van der Waals surface area contributed by atoms with Gasteiger partial charge in [0, 0.05) is 5.02 Å². The summed E-state index contributed by atoms with van der Waals surface area (Å²) < 4.78 is 2.24. The first kappa shape index (κ1) is 24.3. The smallest absolute Gasteiger partial charge is 0.337 e. The summed E-state index contributed by atoms with van der Waals surface area (Å²) in [6.45, 7) is 1.96. The first-order valence-corrected chi connectivity index (χ1v) is 12.9. The molecule has 1 aliphatic rings.